The molecule has 0 aliphatic carbocycles. The Bertz CT molecular complexity index is 402. The van der Waals surface area contributed by atoms with Gasteiger partial charge in [-0.3, -0.25) is 0 Å². The predicted molar refractivity (Wildman–Crippen MR) is 57.5 cm³/mol. The molecule has 1 aromatic carbocycles. The zero-order valence-electron chi connectivity index (χ0n) is 9.01. The van der Waals surface area contributed by atoms with Gasteiger partial charge < -0.3 is 30.9 Å². The van der Waals surface area contributed by atoms with Crippen LogP contribution in [-0.2, 0) is 9.59 Å². The van der Waals surface area contributed by atoms with Crippen molar-refractivity contribution >= 4 is 23.3 Å². The number of hydrogen-bond acceptors (Lipinski definition) is 6. The Morgan fingerprint density at radius 1 is 1.24 bits per heavy atom. The van der Waals surface area contributed by atoms with Gasteiger partial charge in [-0.2, -0.15) is 0 Å². The molecule has 1 atom stereocenters. The highest BCUT2D eigenvalue weighted by Crippen LogP contribution is 2.13. The number of nitrogens with one attached hydrogen (secondary N) is 1. The second-order valence-corrected chi connectivity index (χ2v) is 3.55. The van der Waals surface area contributed by atoms with E-state index in [0.29, 0.717) is 11.4 Å². The Morgan fingerprint density at radius 2 is 1.82 bits per heavy atom. The zero-order valence-corrected chi connectivity index (χ0v) is 9.01. The van der Waals surface area contributed by atoms with Gasteiger partial charge in [0.1, 0.15) is 0 Å². The van der Waals surface area contributed by atoms with Crippen LogP contribution in [0.1, 0.15) is 12.8 Å². The summed E-state index contributed by atoms with van der Waals surface area (Å²) in [5.74, 6) is -2.65. The van der Waals surface area contributed by atoms with E-state index in [1.54, 1.807) is 24.3 Å². The molecular weight excluding hydrogens is 224 g/mol. The first-order valence-corrected chi connectivity index (χ1v) is 5.02. The summed E-state index contributed by atoms with van der Waals surface area (Å²) >= 11 is 0. The molecule has 0 aromatic heterocycles. The molecule has 6 heteroatoms. The molecule has 6 nitrogen and oxygen atoms in total. The SMILES string of the molecule is Nc1ccc(NC(CCC(=O)[O-])C(=O)[O-])cc1. The number of rotatable bonds is 6. The number of carbonyl (C=O) groups excluding carboxylic acids is 2. The second-order valence-electron chi connectivity index (χ2n) is 3.55. The van der Waals surface area contributed by atoms with Crippen LogP contribution in [0.25, 0.3) is 0 Å². The first-order chi connectivity index (χ1) is 7.99. The molecule has 0 aliphatic rings. The van der Waals surface area contributed by atoms with Crippen LogP contribution in [0.4, 0.5) is 11.4 Å². The van der Waals surface area contributed by atoms with Crippen LogP contribution in [0, 0.1) is 0 Å². The molecule has 92 valence electrons. The van der Waals surface area contributed by atoms with Gasteiger partial charge in [0, 0.05) is 17.3 Å². The Kier molecular flexibility index (Phi) is 4.33. The zero-order chi connectivity index (χ0) is 12.8. The van der Waals surface area contributed by atoms with Gasteiger partial charge in [0.05, 0.1) is 12.0 Å². The molecule has 1 aromatic rings. The van der Waals surface area contributed by atoms with E-state index in [4.69, 9.17) is 5.73 Å². The average Bonchev–Trinajstić information content (AvgIpc) is 2.26. The van der Waals surface area contributed by atoms with Gasteiger partial charge in [-0.15, -0.1) is 0 Å². The fraction of sp³-hybridized carbons (Fsp3) is 0.273. The Balaban J connectivity index is 2.63. The van der Waals surface area contributed by atoms with E-state index in [1.165, 1.54) is 0 Å². The molecule has 0 bridgehead atoms. The number of carboxylic acids is 2. The summed E-state index contributed by atoms with van der Waals surface area (Å²) < 4.78 is 0. The third-order valence-electron chi connectivity index (χ3n) is 2.17. The maximum Gasteiger partial charge on any atom is 0.0662 e. The lowest BCUT2D eigenvalue weighted by atomic mass is 10.1. The van der Waals surface area contributed by atoms with Crippen LogP contribution in [0.5, 0.6) is 0 Å². The fourth-order valence-electron chi connectivity index (χ4n) is 1.29. The van der Waals surface area contributed by atoms with Crippen molar-refractivity contribution in [2.24, 2.45) is 0 Å². The molecule has 17 heavy (non-hydrogen) atoms. The van der Waals surface area contributed by atoms with Crippen LogP contribution >= 0.6 is 0 Å². The first kappa shape index (κ1) is 12.8. The summed E-state index contributed by atoms with van der Waals surface area (Å²) in [4.78, 5) is 21.0. The predicted octanol–water partition coefficient (Wildman–Crippen LogP) is -1.67. The molecule has 0 heterocycles. The lowest BCUT2D eigenvalue weighted by molar-refractivity contribution is -0.308. The number of carboxylic acid groups (broad SMARTS) is 2. The van der Waals surface area contributed by atoms with Crippen LogP contribution in [0.3, 0.4) is 0 Å². The number of anilines is 2. The van der Waals surface area contributed by atoms with E-state index in [1.807, 2.05) is 0 Å². The van der Waals surface area contributed by atoms with E-state index in [0.717, 1.165) is 0 Å². The maximum absolute atomic E-state index is 10.8. The summed E-state index contributed by atoms with van der Waals surface area (Å²) in [7, 11) is 0. The lowest BCUT2D eigenvalue weighted by Crippen LogP contribution is -2.41. The van der Waals surface area contributed by atoms with Crippen molar-refractivity contribution in [3.63, 3.8) is 0 Å². The van der Waals surface area contributed by atoms with Crippen molar-refractivity contribution in [2.45, 2.75) is 18.9 Å². The number of benzene rings is 1. The minimum atomic E-state index is -1.36. The molecule has 1 unspecified atom stereocenters. The number of nitrogen functional groups attached to an aromatic ring is 1. The monoisotopic (exact) mass is 236 g/mol. The summed E-state index contributed by atoms with van der Waals surface area (Å²) in [5, 5.41) is 23.7. The Labute approximate surface area is 98.1 Å². The van der Waals surface area contributed by atoms with Gasteiger partial charge >= 0.3 is 0 Å². The molecule has 0 amide bonds. The smallest absolute Gasteiger partial charge is 0.0662 e. The standard InChI is InChI=1S/C11H14N2O4/c12-7-1-3-8(4-2-7)13-9(11(16)17)5-6-10(14)15/h1-4,9,13H,5-6,12H2,(H,14,15)(H,16,17)/p-2. The molecule has 0 radical (unpaired) electrons. The largest absolute Gasteiger partial charge is 0.550 e. The Morgan fingerprint density at radius 3 is 2.29 bits per heavy atom. The van der Waals surface area contributed by atoms with Gasteiger partial charge in [-0.25, -0.2) is 0 Å². The number of aliphatic carboxylic acids is 2. The van der Waals surface area contributed by atoms with E-state index >= 15 is 0 Å². The van der Waals surface area contributed by atoms with E-state index in [2.05, 4.69) is 5.32 Å². The van der Waals surface area contributed by atoms with E-state index < -0.39 is 18.0 Å². The second kappa shape index (κ2) is 5.74. The third-order valence-corrected chi connectivity index (χ3v) is 2.17. The summed E-state index contributed by atoms with van der Waals surface area (Å²) in [5.41, 5.74) is 6.56. The lowest BCUT2D eigenvalue weighted by Gasteiger charge is -2.21. The quantitative estimate of drug-likeness (QED) is 0.570. The normalized spacial score (nSPS) is 11.8. The van der Waals surface area contributed by atoms with E-state index in [-0.39, 0.29) is 12.8 Å². The highest BCUT2D eigenvalue weighted by Gasteiger charge is 2.09. The van der Waals surface area contributed by atoms with Crippen LogP contribution in [0.2, 0.25) is 0 Å². The summed E-state index contributed by atoms with van der Waals surface area (Å²) in [6.45, 7) is 0. The van der Waals surface area contributed by atoms with Crippen molar-refractivity contribution in [3.05, 3.63) is 24.3 Å². The van der Waals surface area contributed by atoms with Crippen LogP contribution in [-0.4, -0.2) is 18.0 Å². The van der Waals surface area contributed by atoms with Gasteiger partial charge in [-0.1, -0.05) is 0 Å². The molecule has 1 rings (SSSR count). The van der Waals surface area contributed by atoms with Gasteiger partial charge in [0.25, 0.3) is 0 Å². The highest BCUT2D eigenvalue weighted by atomic mass is 16.4. The van der Waals surface area contributed by atoms with Crippen LogP contribution in [0.15, 0.2) is 24.3 Å². The first-order valence-electron chi connectivity index (χ1n) is 5.02. The minimum Gasteiger partial charge on any atom is -0.550 e. The fourth-order valence-corrected chi connectivity index (χ4v) is 1.29. The average molecular weight is 236 g/mol. The van der Waals surface area contributed by atoms with E-state index in [9.17, 15) is 19.8 Å². The van der Waals surface area contributed by atoms with Crippen molar-refractivity contribution in [3.8, 4) is 0 Å². The van der Waals surface area contributed by atoms with Gasteiger partial charge in [-0.05, 0) is 37.1 Å². The van der Waals surface area contributed by atoms with Gasteiger partial charge in [0.15, 0.2) is 0 Å². The highest BCUT2D eigenvalue weighted by molar-refractivity contribution is 5.76. The van der Waals surface area contributed by atoms with Crippen molar-refractivity contribution < 1.29 is 19.8 Å². The van der Waals surface area contributed by atoms with Crippen LogP contribution < -0.4 is 21.3 Å². The molecule has 0 saturated carbocycles. The molecule has 0 aliphatic heterocycles. The molecule has 0 fully saturated rings. The van der Waals surface area contributed by atoms with Crippen molar-refractivity contribution in [1.29, 1.82) is 0 Å². The molecule has 0 spiro atoms. The summed E-state index contributed by atoms with van der Waals surface area (Å²) in [6, 6.07) is 5.34. The number of hydrogen-bond donors (Lipinski definition) is 2. The van der Waals surface area contributed by atoms with Gasteiger partial charge in [0.2, 0.25) is 0 Å². The maximum atomic E-state index is 10.8. The van der Waals surface area contributed by atoms with Crippen molar-refractivity contribution in [1.82, 2.24) is 0 Å². The number of carbonyl (C=O) groups is 2. The Hall–Kier alpha value is -2.24. The molecular formula is C11H12N2O4-2. The minimum absolute atomic E-state index is 0.102. The topological polar surface area (TPSA) is 118 Å². The molecule has 0 saturated heterocycles. The number of nitrogens with two attached hydrogens (primary N) is 1. The van der Waals surface area contributed by atoms with Crippen molar-refractivity contribution in [2.75, 3.05) is 11.1 Å². The summed E-state index contributed by atoms with van der Waals surface area (Å²) in [6.07, 6.45) is -0.449. The molecule has 3 N–H and O–H groups in total. The third kappa shape index (κ3) is 4.42.